The molecule has 0 spiro atoms. The highest BCUT2D eigenvalue weighted by Crippen LogP contribution is 2.18. The van der Waals surface area contributed by atoms with E-state index in [0.717, 1.165) is 9.87 Å². The van der Waals surface area contributed by atoms with E-state index in [0.29, 0.717) is 6.54 Å². The predicted molar refractivity (Wildman–Crippen MR) is 84.4 cm³/mol. The molecular weight excluding hydrogens is 318 g/mol. The van der Waals surface area contributed by atoms with Gasteiger partial charge in [0.25, 0.3) is 0 Å². The Balaban J connectivity index is 2.25. The summed E-state index contributed by atoms with van der Waals surface area (Å²) in [5.74, 6) is -1.20. The standard InChI is InChI=1S/C15H19N3O4S/c1-12(2)18(11-15(19)20)23(21,22)14-8-16-17(10-14)9-13-6-4-3-5-7-13/h3-8,10,12H,9,11H2,1-2H3,(H,19,20). The van der Waals surface area contributed by atoms with Crippen LogP contribution in [0.15, 0.2) is 47.6 Å². The lowest BCUT2D eigenvalue weighted by Crippen LogP contribution is -2.40. The van der Waals surface area contributed by atoms with Gasteiger partial charge < -0.3 is 5.11 Å². The zero-order valence-corrected chi connectivity index (χ0v) is 13.8. The molecule has 0 saturated heterocycles. The summed E-state index contributed by atoms with van der Waals surface area (Å²) in [6.45, 7) is 3.13. The molecule has 8 heteroatoms. The second kappa shape index (κ2) is 6.93. The maximum Gasteiger partial charge on any atom is 0.318 e. The van der Waals surface area contributed by atoms with E-state index in [1.807, 2.05) is 30.3 Å². The van der Waals surface area contributed by atoms with Crippen LogP contribution in [0.25, 0.3) is 0 Å². The van der Waals surface area contributed by atoms with Gasteiger partial charge in [-0.25, -0.2) is 8.42 Å². The summed E-state index contributed by atoms with van der Waals surface area (Å²) in [6, 6.07) is 9.05. The zero-order chi connectivity index (χ0) is 17.0. The number of aromatic nitrogens is 2. The van der Waals surface area contributed by atoms with Gasteiger partial charge in [-0.3, -0.25) is 9.48 Å². The van der Waals surface area contributed by atoms with Crippen LogP contribution in [-0.2, 0) is 21.4 Å². The second-order valence-electron chi connectivity index (χ2n) is 5.40. The molecule has 23 heavy (non-hydrogen) atoms. The van der Waals surface area contributed by atoms with Crippen molar-refractivity contribution in [3.8, 4) is 0 Å². The summed E-state index contributed by atoms with van der Waals surface area (Å²) in [5.41, 5.74) is 0.991. The molecule has 1 heterocycles. The molecule has 2 aromatic rings. The molecule has 0 aliphatic carbocycles. The molecule has 0 radical (unpaired) electrons. The van der Waals surface area contributed by atoms with Gasteiger partial charge in [-0.1, -0.05) is 30.3 Å². The molecule has 0 aliphatic heterocycles. The molecule has 0 saturated carbocycles. The average Bonchev–Trinajstić information content (AvgIpc) is 2.94. The van der Waals surface area contributed by atoms with E-state index in [-0.39, 0.29) is 4.90 Å². The number of carboxylic acid groups (broad SMARTS) is 1. The fraction of sp³-hybridized carbons (Fsp3) is 0.333. The number of rotatable bonds is 7. The Morgan fingerprint density at radius 3 is 2.52 bits per heavy atom. The lowest BCUT2D eigenvalue weighted by atomic mass is 10.2. The van der Waals surface area contributed by atoms with Crippen molar-refractivity contribution in [2.24, 2.45) is 0 Å². The summed E-state index contributed by atoms with van der Waals surface area (Å²) >= 11 is 0. The summed E-state index contributed by atoms with van der Waals surface area (Å²) < 4.78 is 27.6. The Morgan fingerprint density at radius 2 is 1.96 bits per heavy atom. The first-order valence-corrected chi connectivity index (χ1v) is 8.54. The summed E-state index contributed by atoms with van der Waals surface area (Å²) in [4.78, 5) is 10.9. The third-order valence-corrected chi connectivity index (χ3v) is 5.25. The monoisotopic (exact) mass is 337 g/mol. The van der Waals surface area contributed by atoms with Gasteiger partial charge in [-0.05, 0) is 19.4 Å². The maximum absolute atomic E-state index is 12.6. The molecule has 2 rings (SSSR count). The SMILES string of the molecule is CC(C)N(CC(=O)O)S(=O)(=O)c1cnn(Cc2ccccc2)c1. The fourth-order valence-electron chi connectivity index (χ4n) is 2.15. The third kappa shape index (κ3) is 4.17. The van der Waals surface area contributed by atoms with Gasteiger partial charge >= 0.3 is 5.97 Å². The number of sulfonamides is 1. The molecule has 0 fully saturated rings. The molecule has 7 nitrogen and oxygen atoms in total. The Bertz CT molecular complexity index is 769. The molecule has 0 unspecified atom stereocenters. The zero-order valence-electron chi connectivity index (χ0n) is 13.0. The van der Waals surface area contributed by atoms with Crippen LogP contribution in [-0.4, -0.2) is 46.2 Å². The van der Waals surface area contributed by atoms with Gasteiger partial charge in [-0.2, -0.15) is 9.40 Å². The number of nitrogens with zero attached hydrogens (tertiary/aromatic N) is 3. The van der Waals surface area contributed by atoms with Gasteiger partial charge in [0.1, 0.15) is 11.4 Å². The Kier molecular flexibility index (Phi) is 5.17. The lowest BCUT2D eigenvalue weighted by Gasteiger charge is -2.23. The quantitative estimate of drug-likeness (QED) is 0.825. The Labute approximate surface area is 135 Å². The van der Waals surface area contributed by atoms with E-state index in [1.54, 1.807) is 13.8 Å². The van der Waals surface area contributed by atoms with Crippen molar-refractivity contribution in [3.63, 3.8) is 0 Å². The minimum atomic E-state index is -3.90. The van der Waals surface area contributed by atoms with Crippen LogP contribution >= 0.6 is 0 Å². The largest absolute Gasteiger partial charge is 0.480 e. The second-order valence-corrected chi connectivity index (χ2v) is 7.29. The number of aliphatic carboxylic acids is 1. The van der Waals surface area contributed by atoms with Crippen molar-refractivity contribution in [1.82, 2.24) is 14.1 Å². The smallest absolute Gasteiger partial charge is 0.318 e. The first-order valence-electron chi connectivity index (χ1n) is 7.10. The molecule has 0 atom stereocenters. The van der Waals surface area contributed by atoms with E-state index < -0.39 is 28.6 Å². The van der Waals surface area contributed by atoms with Gasteiger partial charge in [0.2, 0.25) is 10.0 Å². The van der Waals surface area contributed by atoms with Crippen LogP contribution in [0.3, 0.4) is 0 Å². The lowest BCUT2D eigenvalue weighted by molar-refractivity contribution is -0.137. The van der Waals surface area contributed by atoms with Crippen molar-refractivity contribution in [1.29, 1.82) is 0 Å². The average molecular weight is 337 g/mol. The van der Waals surface area contributed by atoms with E-state index >= 15 is 0 Å². The predicted octanol–water partition coefficient (Wildman–Crippen LogP) is 1.42. The van der Waals surface area contributed by atoms with Crippen molar-refractivity contribution < 1.29 is 18.3 Å². The molecule has 0 aliphatic rings. The maximum atomic E-state index is 12.6. The van der Waals surface area contributed by atoms with Gasteiger partial charge in [0.05, 0.1) is 12.7 Å². The topological polar surface area (TPSA) is 92.5 Å². The van der Waals surface area contributed by atoms with Crippen molar-refractivity contribution in [3.05, 3.63) is 48.3 Å². The summed E-state index contributed by atoms with van der Waals surface area (Å²) in [7, 11) is -3.90. The van der Waals surface area contributed by atoms with Crippen LogP contribution in [0.2, 0.25) is 0 Å². The number of carbonyl (C=O) groups is 1. The highest BCUT2D eigenvalue weighted by Gasteiger charge is 2.30. The van der Waals surface area contributed by atoms with Crippen LogP contribution in [0.4, 0.5) is 0 Å². The highest BCUT2D eigenvalue weighted by molar-refractivity contribution is 7.89. The minimum absolute atomic E-state index is 0.0108. The number of benzene rings is 1. The molecule has 0 bridgehead atoms. The van der Waals surface area contributed by atoms with E-state index in [1.165, 1.54) is 17.1 Å². The van der Waals surface area contributed by atoms with Gasteiger partial charge in [0.15, 0.2) is 0 Å². The van der Waals surface area contributed by atoms with Crippen molar-refractivity contribution in [2.75, 3.05) is 6.54 Å². The van der Waals surface area contributed by atoms with Crippen LogP contribution in [0.5, 0.6) is 0 Å². The number of hydrogen-bond acceptors (Lipinski definition) is 4. The summed E-state index contributed by atoms with van der Waals surface area (Å²) in [5, 5.41) is 13.0. The number of hydrogen-bond donors (Lipinski definition) is 1. The molecule has 0 amide bonds. The Morgan fingerprint density at radius 1 is 1.30 bits per heavy atom. The van der Waals surface area contributed by atoms with Crippen molar-refractivity contribution >= 4 is 16.0 Å². The molecule has 1 aromatic carbocycles. The first kappa shape index (κ1) is 17.2. The van der Waals surface area contributed by atoms with Gasteiger partial charge in [-0.15, -0.1) is 0 Å². The highest BCUT2D eigenvalue weighted by atomic mass is 32.2. The normalized spacial score (nSPS) is 12.0. The van der Waals surface area contributed by atoms with E-state index in [4.69, 9.17) is 5.11 Å². The molecule has 1 aromatic heterocycles. The van der Waals surface area contributed by atoms with Crippen LogP contribution < -0.4 is 0 Å². The molecular formula is C15H19N3O4S. The Hall–Kier alpha value is -2.19. The third-order valence-electron chi connectivity index (χ3n) is 3.27. The van der Waals surface area contributed by atoms with Crippen LogP contribution in [0, 0.1) is 0 Å². The van der Waals surface area contributed by atoms with Crippen molar-refractivity contribution in [2.45, 2.75) is 31.3 Å². The van der Waals surface area contributed by atoms with E-state index in [2.05, 4.69) is 5.10 Å². The molecule has 124 valence electrons. The summed E-state index contributed by atoms with van der Waals surface area (Å²) in [6.07, 6.45) is 2.66. The molecule has 1 N–H and O–H groups in total. The first-order chi connectivity index (χ1) is 10.8. The van der Waals surface area contributed by atoms with Crippen LogP contribution in [0.1, 0.15) is 19.4 Å². The van der Waals surface area contributed by atoms with E-state index in [9.17, 15) is 13.2 Å². The fourth-order valence-corrected chi connectivity index (χ4v) is 3.69. The number of carboxylic acids is 1. The minimum Gasteiger partial charge on any atom is -0.480 e. The van der Waals surface area contributed by atoms with Gasteiger partial charge in [0, 0.05) is 12.2 Å².